The molecule has 0 spiro atoms. The molecule has 0 aliphatic carbocycles. The Morgan fingerprint density at radius 2 is 2.00 bits per heavy atom. The first kappa shape index (κ1) is 20.7. The van der Waals surface area contributed by atoms with Crippen LogP contribution in [0.4, 0.5) is 0 Å². The minimum absolute atomic E-state index is 0.208. The standard InChI is InChI=1S/C20H35N5O/c1-5-25(6-2)19(17-10-8-7-9-11-17)15-23-20(21-3)22-14-18-16-24(4)12-13-26-18/h7-11,18-19H,5-6,12-16H2,1-4H3,(H2,21,22,23). The van der Waals surface area contributed by atoms with Crippen LogP contribution in [-0.4, -0.2) is 81.8 Å². The fourth-order valence-electron chi connectivity index (χ4n) is 3.41. The van der Waals surface area contributed by atoms with E-state index in [4.69, 9.17) is 4.74 Å². The van der Waals surface area contributed by atoms with Gasteiger partial charge < -0.3 is 20.3 Å². The normalized spacial score (nSPS) is 20.2. The third kappa shape index (κ3) is 6.27. The number of morpholine rings is 1. The minimum atomic E-state index is 0.208. The Balaban J connectivity index is 1.90. The largest absolute Gasteiger partial charge is 0.374 e. The van der Waals surface area contributed by atoms with E-state index >= 15 is 0 Å². The maximum atomic E-state index is 5.82. The summed E-state index contributed by atoms with van der Waals surface area (Å²) in [4.78, 5) is 9.15. The summed E-state index contributed by atoms with van der Waals surface area (Å²) < 4.78 is 5.82. The molecule has 6 nitrogen and oxygen atoms in total. The summed E-state index contributed by atoms with van der Waals surface area (Å²) in [5.74, 6) is 0.829. The number of aliphatic imine (C=N–C) groups is 1. The maximum absolute atomic E-state index is 5.82. The minimum Gasteiger partial charge on any atom is -0.374 e. The summed E-state index contributed by atoms with van der Waals surface area (Å²) in [5.41, 5.74) is 1.33. The van der Waals surface area contributed by atoms with Gasteiger partial charge in [-0.25, -0.2) is 0 Å². The van der Waals surface area contributed by atoms with Crippen molar-refractivity contribution in [1.29, 1.82) is 0 Å². The third-order valence-electron chi connectivity index (χ3n) is 4.96. The Kier molecular flexibility index (Phi) is 8.88. The molecule has 2 rings (SSSR count). The monoisotopic (exact) mass is 361 g/mol. The van der Waals surface area contributed by atoms with Gasteiger partial charge in [0.25, 0.3) is 0 Å². The fourth-order valence-corrected chi connectivity index (χ4v) is 3.41. The van der Waals surface area contributed by atoms with Gasteiger partial charge in [0.2, 0.25) is 0 Å². The third-order valence-corrected chi connectivity index (χ3v) is 4.96. The van der Waals surface area contributed by atoms with E-state index in [1.54, 1.807) is 0 Å². The van der Waals surface area contributed by atoms with Crippen molar-refractivity contribution in [3.8, 4) is 0 Å². The number of rotatable bonds is 8. The molecule has 0 bridgehead atoms. The van der Waals surface area contributed by atoms with E-state index in [0.717, 1.165) is 51.8 Å². The van der Waals surface area contributed by atoms with Gasteiger partial charge in [-0.1, -0.05) is 44.2 Å². The molecule has 1 aromatic rings. The second kappa shape index (κ2) is 11.2. The maximum Gasteiger partial charge on any atom is 0.191 e. The molecular weight excluding hydrogens is 326 g/mol. The van der Waals surface area contributed by atoms with Crippen molar-refractivity contribution in [2.24, 2.45) is 4.99 Å². The smallest absolute Gasteiger partial charge is 0.191 e. The summed E-state index contributed by atoms with van der Waals surface area (Å²) in [5, 5.41) is 6.91. The highest BCUT2D eigenvalue weighted by atomic mass is 16.5. The highest BCUT2D eigenvalue weighted by molar-refractivity contribution is 5.79. The molecule has 1 saturated heterocycles. The van der Waals surface area contributed by atoms with Crippen molar-refractivity contribution < 1.29 is 4.74 Å². The number of benzene rings is 1. The van der Waals surface area contributed by atoms with Gasteiger partial charge in [0, 0.05) is 33.2 Å². The predicted molar refractivity (Wildman–Crippen MR) is 109 cm³/mol. The second-order valence-electron chi connectivity index (χ2n) is 6.74. The van der Waals surface area contributed by atoms with Gasteiger partial charge >= 0.3 is 0 Å². The van der Waals surface area contributed by atoms with Crippen LogP contribution in [0.25, 0.3) is 0 Å². The summed E-state index contributed by atoms with van der Waals surface area (Å²) in [6.45, 7) is 10.8. The van der Waals surface area contributed by atoms with Crippen molar-refractivity contribution in [1.82, 2.24) is 20.4 Å². The summed E-state index contributed by atoms with van der Waals surface area (Å²) in [6.07, 6.45) is 0.208. The molecule has 0 amide bonds. The van der Waals surface area contributed by atoms with Gasteiger partial charge in [0.1, 0.15) is 0 Å². The van der Waals surface area contributed by atoms with Crippen molar-refractivity contribution in [2.45, 2.75) is 26.0 Å². The van der Waals surface area contributed by atoms with E-state index in [0.29, 0.717) is 6.04 Å². The van der Waals surface area contributed by atoms with Crippen LogP contribution in [0.2, 0.25) is 0 Å². The van der Waals surface area contributed by atoms with E-state index in [9.17, 15) is 0 Å². The zero-order valence-electron chi connectivity index (χ0n) is 16.7. The van der Waals surface area contributed by atoms with Gasteiger partial charge in [-0.2, -0.15) is 0 Å². The van der Waals surface area contributed by atoms with Gasteiger partial charge in [0.05, 0.1) is 18.8 Å². The second-order valence-corrected chi connectivity index (χ2v) is 6.74. The number of nitrogens with zero attached hydrogens (tertiary/aromatic N) is 3. The van der Waals surface area contributed by atoms with Crippen LogP contribution >= 0.6 is 0 Å². The van der Waals surface area contributed by atoms with Crippen LogP contribution in [0.1, 0.15) is 25.5 Å². The zero-order valence-corrected chi connectivity index (χ0v) is 16.7. The molecular formula is C20H35N5O. The van der Waals surface area contributed by atoms with Crippen LogP contribution in [0.3, 0.4) is 0 Å². The molecule has 2 unspecified atom stereocenters. The van der Waals surface area contributed by atoms with E-state index in [1.165, 1.54) is 5.56 Å². The van der Waals surface area contributed by atoms with Crippen molar-refractivity contribution in [3.05, 3.63) is 35.9 Å². The summed E-state index contributed by atoms with van der Waals surface area (Å²) in [6, 6.07) is 11.0. The average Bonchev–Trinajstić information content (AvgIpc) is 2.68. The highest BCUT2D eigenvalue weighted by Gasteiger charge is 2.20. The molecule has 0 aromatic heterocycles. The Hall–Kier alpha value is -1.63. The molecule has 0 saturated carbocycles. The Bertz CT molecular complexity index is 532. The lowest BCUT2D eigenvalue weighted by molar-refractivity contribution is -0.0161. The SMILES string of the molecule is CCN(CC)C(CNC(=NC)NCC1CN(C)CCO1)c1ccccc1. The van der Waals surface area contributed by atoms with Crippen LogP contribution in [0.15, 0.2) is 35.3 Å². The van der Waals surface area contributed by atoms with Gasteiger partial charge in [0.15, 0.2) is 5.96 Å². The van der Waals surface area contributed by atoms with Gasteiger partial charge in [-0.3, -0.25) is 9.89 Å². The Morgan fingerprint density at radius 3 is 2.62 bits per heavy atom. The molecule has 1 aliphatic heterocycles. The Morgan fingerprint density at radius 1 is 1.27 bits per heavy atom. The Labute approximate surface area is 158 Å². The van der Waals surface area contributed by atoms with Crippen molar-refractivity contribution in [2.75, 3.05) is 60.0 Å². The quantitative estimate of drug-likeness (QED) is 0.544. The first-order chi connectivity index (χ1) is 12.7. The number of hydrogen-bond donors (Lipinski definition) is 2. The lowest BCUT2D eigenvalue weighted by Crippen LogP contribution is -2.49. The molecule has 1 heterocycles. The van der Waals surface area contributed by atoms with Gasteiger partial charge in [-0.05, 0) is 25.7 Å². The van der Waals surface area contributed by atoms with E-state index < -0.39 is 0 Å². The number of hydrogen-bond acceptors (Lipinski definition) is 4. The first-order valence-electron chi connectivity index (χ1n) is 9.71. The molecule has 26 heavy (non-hydrogen) atoms. The van der Waals surface area contributed by atoms with E-state index in [1.807, 2.05) is 7.05 Å². The van der Waals surface area contributed by atoms with Crippen LogP contribution < -0.4 is 10.6 Å². The molecule has 0 radical (unpaired) electrons. The summed E-state index contributed by atoms with van der Waals surface area (Å²) >= 11 is 0. The lowest BCUT2D eigenvalue weighted by Gasteiger charge is -2.32. The van der Waals surface area contributed by atoms with E-state index in [2.05, 4.69) is 76.7 Å². The van der Waals surface area contributed by atoms with Crippen molar-refractivity contribution in [3.63, 3.8) is 0 Å². The first-order valence-corrected chi connectivity index (χ1v) is 9.71. The highest BCUT2D eigenvalue weighted by Crippen LogP contribution is 2.19. The molecule has 1 aromatic carbocycles. The molecule has 2 N–H and O–H groups in total. The van der Waals surface area contributed by atoms with E-state index in [-0.39, 0.29) is 6.10 Å². The van der Waals surface area contributed by atoms with Crippen molar-refractivity contribution >= 4 is 5.96 Å². The number of ether oxygens (including phenoxy) is 1. The van der Waals surface area contributed by atoms with Crippen LogP contribution in [0.5, 0.6) is 0 Å². The number of guanidine groups is 1. The summed E-state index contributed by atoms with van der Waals surface area (Å²) in [7, 11) is 3.95. The average molecular weight is 362 g/mol. The van der Waals surface area contributed by atoms with Crippen LogP contribution in [-0.2, 0) is 4.74 Å². The molecule has 6 heteroatoms. The molecule has 146 valence electrons. The fraction of sp³-hybridized carbons (Fsp3) is 0.650. The van der Waals surface area contributed by atoms with Gasteiger partial charge in [-0.15, -0.1) is 0 Å². The zero-order chi connectivity index (χ0) is 18.8. The topological polar surface area (TPSA) is 52.1 Å². The lowest BCUT2D eigenvalue weighted by atomic mass is 10.1. The molecule has 1 aliphatic rings. The van der Waals surface area contributed by atoms with Crippen LogP contribution in [0, 0.1) is 0 Å². The molecule has 1 fully saturated rings. The predicted octanol–water partition coefficient (Wildman–Crippen LogP) is 1.57. The number of likely N-dealkylation sites (N-methyl/N-ethyl adjacent to an activating group) is 2. The molecule has 2 atom stereocenters. The number of nitrogens with one attached hydrogen (secondary N) is 2.